The molecule has 0 unspecified atom stereocenters. The van der Waals surface area contributed by atoms with E-state index < -0.39 is 0 Å². The molecule has 0 bridgehead atoms. The van der Waals surface area contributed by atoms with Crippen molar-refractivity contribution < 1.29 is 9.90 Å². The Kier molecular flexibility index (Phi) is 3.99. The number of thiophene rings is 1. The highest BCUT2D eigenvalue weighted by atomic mass is 32.1. The highest BCUT2D eigenvalue weighted by molar-refractivity contribution is 7.21. The van der Waals surface area contributed by atoms with Gasteiger partial charge in [-0.3, -0.25) is 4.79 Å². The normalized spacial score (nSPS) is 11.3. The van der Waals surface area contributed by atoms with Crippen LogP contribution >= 0.6 is 11.3 Å². The van der Waals surface area contributed by atoms with Crippen molar-refractivity contribution in [1.29, 1.82) is 0 Å². The van der Waals surface area contributed by atoms with Gasteiger partial charge >= 0.3 is 0 Å². The highest BCUT2D eigenvalue weighted by Crippen LogP contribution is 2.36. The van der Waals surface area contributed by atoms with E-state index in [2.05, 4.69) is 0 Å². The summed E-state index contributed by atoms with van der Waals surface area (Å²) < 4.78 is 2.88. The van der Waals surface area contributed by atoms with E-state index in [-0.39, 0.29) is 11.7 Å². The maximum atomic E-state index is 13.4. The van der Waals surface area contributed by atoms with Crippen LogP contribution in [0.2, 0.25) is 0 Å². The number of carbonyl (C=O) groups excluding carboxylic acids is 1. The van der Waals surface area contributed by atoms with Crippen LogP contribution in [0, 0.1) is 0 Å². The van der Waals surface area contributed by atoms with E-state index in [1.807, 2.05) is 89.5 Å². The molecular weight excluding hydrogens is 366 g/mol. The van der Waals surface area contributed by atoms with Gasteiger partial charge in [-0.05, 0) is 29.1 Å². The van der Waals surface area contributed by atoms with Crippen molar-refractivity contribution in [3.63, 3.8) is 0 Å². The number of rotatable bonds is 4. The highest BCUT2D eigenvalue weighted by Gasteiger charge is 2.24. The molecule has 0 aliphatic rings. The first-order chi connectivity index (χ1) is 13.7. The zero-order chi connectivity index (χ0) is 19.1. The maximum Gasteiger partial charge on any atom is 0.209 e. The zero-order valence-electron chi connectivity index (χ0n) is 15.0. The van der Waals surface area contributed by atoms with E-state index in [0.717, 1.165) is 26.6 Å². The van der Waals surface area contributed by atoms with E-state index in [1.165, 1.54) is 11.3 Å². The molecule has 0 radical (unpaired) electrons. The number of para-hydroxylation sites is 1. The Bertz CT molecular complexity index is 1280. The number of hydrogen-bond acceptors (Lipinski definition) is 3. The van der Waals surface area contributed by atoms with E-state index >= 15 is 0 Å². The van der Waals surface area contributed by atoms with Crippen molar-refractivity contribution in [3.8, 4) is 5.88 Å². The SMILES string of the molecule is O=C(c1cc2ccccc2s1)c1c(O)n(Cc2ccccc2)c2ccccc12. The van der Waals surface area contributed by atoms with Crippen molar-refractivity contribution in [2.45, 2.75) is 6.54 Å². The lowest BCUT2D eigenvalue weighted by molar-refractivity contribution is 0.104. The van der Waals surface area contributed by atoms with E-state index in [1.54, 1.807) is 0 Å². The Morgan fingerprint density at radius 2 is 1.61 bits per heavy atom. The van der Waals surface area contributed by atoms with Crippen molar-refractivity contribution in [2.24, 2.45) is 0 Å². The first-order valence-corrected chi connectivity index (χ1v) is 9.91. The molecule has 2 heterocycles. The molecule has 3 nitrogen and oxygen atoms in total. The van der Waals surface area contributed by atoms with Gasteiger partial charge in [-0.2, -0.15) is 0 Å². The van der Waals surface area contributed by atoms with Gasteiger partial charge < -0.3 is 9.67 Å². The van der Waals surface area contributed by atoms with Crippen molar-refractivity contribution in [2.75, 3.05) is 0 Å². The Labute approximate surface area is 166 Å². The minimum atomic E-state index is -0.137. The van der Waals surface area contributed by atoms with Gasteiger partial charge in [0.25, 0.3) is 0 Å². The maximum absolute atomic E-state index is 13.4. The van der Waals surface area contributed by atoms with Crippen LogP contribution in [0.15, 0.2) is 84.9 Å². The van der Waals surface area contributed by atoms with Crippen LogP contribution in [0.4, 0.5) is 0 Å². The summed E-state index contributed by atoms with van der Waals surface area (Å²) in [6.07, 6.45) is 0. The molecule has 0 saturated carbocycles. The number of aromatic nitrogens is 1. The second-order valence-corrected chi connectivity index (χ2v) is 7.85. The molecular formula is C24H17NO2S. The first-order valence-electron chi connectivity index (χ1n) is 9.10. The zero-order valence-corrected chi connectivity index (χ0v) is 15.8. The summed E-state index contributed by atoms with van der Waals surface area (Å²) in [5.74, 6) is -0.116. The smallest absolute Gasteiger partial charge is 0.209 e. The number of hydrogen-bond donors (Lipinski definition) is 1. The standard InChI is InChI=1S/C24H17NO2S/c26-23(21-14-17-10-4-7-13-20(17)28-21)22-18-11-5-6-12-19(18)25(24(22)27)15-16-8-2-1-3-9-16/h1-14,27H,15H2. The predicted octanol–water partition coefficient (Wildman–Crippen LogP) is 5.84. The summed E-state index contributed by atoms with van der Waals surface area (Å²) in [5, 5.41) is 12.8. The van der Waals surface area contributed by atoms with Crippen LogP contribution in [0.1, 0.15) is 20.8 Å². The average Bonchev–Trinajstić information content (AvgIpc) is 3.28. The Balaban J connectivity index is 1.67. The van der Waals surface area contributed by atoms with Gasteiger partial charge in [-0.1, -0.05) is 66.7 Å². The molecule has 5 rings (SSSR count). The lowest BCUT2D eigenvalue weighted by Crippen LogP contribution is -2.01. The van der Waals surface area contributed by atoms with Gasteiger partial charge in [0.05, 0.1) is 22.5 Å². The van der Waals surface area contributed by atoms with Gasteiger partial charge in [0, 0.05) is 10.1 Å². The molecule has 4 heteroatoms. The second-order valence-electron chi connectivity index (χ2n) is 6.77. The van der Waals surface area contributed by atoms with Gasteiger partial charge in [0.2, 0.25) is 11.7 Å². The fourth-order valence-corrected chi connectivity index (χ4v) is 4.67. The molecule has 1 N–H and O–H groups in total. The molecule has 0 spiro atoms. The summed E-state index contributed by atoms with van der Waals surface area (Å²) in [6.45, 7) is 0.507. The fraction of sp³-hybridized carbons (Fsp3) is 0.0417. The number of ketones is 1. The molecule has 136 valence electrons. The molecule has 0 fully saturated rings. The Morgan fingerprint density at radius 1 is 0.893 bits per heavy atom. The molecule has 0 aliphatic heterocycles. The van der Waals surface area contributed by atoms with E-state index in [9.17, 15) is 9.90 Å². The number of carbonyl (C=O) groups is 1. The molecule has 5 aromatic rings. The largest absolute Gasteiger partial charge is 0.494 e. The van der Waals surface area contributed by atoms with Gasteiger partial charge in [-0.25, -0.2) is 0 Å². The van der Waals surface area contributed by atoms with Crippen molar-refractivity contribution in [1.82, 2.24) is 4.57 Å². The van der Waals surface area contributed by atoms with E-state index in [0.29, 0.717) is 17.0 Å². The van der Waals surface area contributed by atoms with Gasteiger partial charge in [-0.15, -0.1) is 11.3 Å². The number of fused-ring (bicyclic) bond motifs is 2. The van der Waals surface area contributed by atoms with Crippen molar-refractivity contribution in [3.05, 3.63) is 101 Å². The van der Waals surface area contributed by atoms with Crippen LogP contribution < -0.4 is 0 Å². The Hall–Kier alpha value is -3.37. The van der Waals surface area contributed by atoms with Gasteiger partial charge in [0.15, 0.2) is 0 Å². The molecule has 2 aromatic heterocycles. The topological polar surface area (TPSA) is 42.2 Å². The third-order valence-corrected chi connectivity index (χ3v) is 6.12. The number of aromatic hydroxyl groups is 1. The summed E-state index contributed by atoms with van der Waals surface area (Å²) in [6, 6.07) is 27.5. The summed E-state index contributed by atoms with van der Waals surface area (Å²) >= 11 is 1.46. The van der Waals surface area contributed by atoms with Gasteiger partial charge in [0.1, 0.15) is 0 Å². The number of benzene rings is 3. The molecule has 0 amide bonds. The second kappa shape index (κ2) is 6.66. The van der Waals surface area contributed by atoms with Crippen LogP contribution in [0.25, 0.3) is 21.0 Å². The lowest BCUT2D eigenvalue weighted by Gasteiger charge is -2.07. The van der Waals surface area contributed by atoms with E-state index in [4.69, 9.17) is 0 Å². The van der Waals surface area contributed by atoms with Crippen LogP contribution in [-0.2, 0) is 6.54 Å². The summed E-state index contributed by atoms with van der Waals surface area (Å²) in [7, 11) is 0. The summed E-state index contributed by atoms with van der Waals surface area (Å²) in [4.78, 5) is 14.0. The minimum Gasteiger partial charge on any atom is -0.494 e. The lowest BCUT2D eigenvalue weighted by atomic mass is 10.1. The quantitative estimate of drug-likeness (QED) is 0.396. The predicted molar refractivity (Wildman–Crippen MR) is 114 cm³/mol. The summed E-state index contributed by atoms with van der Waals surface area (Å²) in [5.41, 5.74) is 2.30. The monoisotopic (exact) mass is 383 g/mol. The van der Waals surface area contributed by atoms with Crippen molar-refractivity contribution >= 4 is 38.1 Å². The average molecular weight is 383 g/mol. The molecule has 0 aliphatic carbocycles. The van der Waals surface area contributed by atoms with Crippen LogP contribution in [0.3, 0.4) is 0 Å². The fourth-order valence-electron chi connectivity index (χ4n) is 3.66. The molecule has 0 atom stereocenters. The first kappa shape index (κ1) is 16.8. The third kappa shape index (κ3) is 2.70. The number of nitrogens with zero attached hydrogens (tertiary/aromatic N) is 1. The molecule has 3 aromatic carbocycles. The molecule has 28 heavy (non-hydrogen) atoms. The van der Waals surface area contributed by atoms with Crippen LogP contribution in [-0.4, -0.2) is 15.5 Å². The minimum absolute atomic E-state index is 0.0208. The van der Waals surface area contributed by atoms with Crippen LogP contribution in [0.5, 0.6) is 5.88 Å². The Morgan fingerprint density at radius 3 is 2.43 bits per heavy atom. The molecule has 0 saturated heterocycles. The third-order valence-electron chi connectivity index (χ3n) is 5.00.